The molecule has 0 radical (unpaired) electrons. The van der Waals surface area contributed by atoms with Crippen LogP contribution in [-0.2, 0) is 0 Å². The lowest BCUT2D eigenvalue weighted by atomic mass is 10.1. The van der Waals surface area contributed by atoms with Gasteiger partial charge in [0.1, 0.15) is 5.01 Å². The Morgan fingerprint density at radius 1 is 0.425 bits per heavy atom. The average Bonchev–Trinajstić information content (AvgIpc) is 3.61. The summed E-state index contributed by atoms with van der Waals surface area (Å²) in [5.41, 5.74) is 5.11. The Labute approximate surface area is 238 Å². The Morgan fingerprint density at radius 2 is 1.02 bits per heavy atom. The Balaban J connectivity index is 1.36. The minimum atomic E-state index is 0.665. The lowest BCUT2D eigenvalue weighted by molar-refractivity contribution is 1.08. The third-order valence-corrected chi connectivity index (χ3v) is 9.15. The lowest BCUT2D eigenvalue weighted by Gasteiger charge is -2.09. The van der Waals surface area contributed by atoms with Crippen molar-refractivity contribution in [2.24, 2.45) is 0 Å². The van der Waals surface area contributed by atoms with Gasteiger partial charge in [0, 0.05) is 42.4 Å². The van der Waals surface area contributed by atoms with Crippen LogP contribution in [-0.4, -0.2) is 19.9 Å². The van der Waals surface area contributed by atoms with Gasteiger partial charge in [-0.25, -0.2) is 19.9 Å². The van der Waals surface area contributed by atoms with Gasteiger partial charge in [-0.3, -0.25) is 0 Å². The molecule has 188 valence electrons. The molecule has 0 bridgehead atoms. The largest absolute Gasteiger partial charge is 0.236 e. The summed E-state index contributed by atoms with van der Waals surface area (Å²) >= 11 is 3.52. The first-order valence-corrected chi connectivity index (χ1v) is 14.6. The van der Waals surface area contributed by atoms with E-state index >= 15 is 0 Å². The summed E-state index contributed by atoms with van der Waals surface area (Å²) in [5, 5.41) is 3.41. The van der Waals surface area contributed by atoms with Gasteiger partial charge < -0.3 is 0 Å². The average molecular weight is 549 g/mol. The van der Waals surface area contributed by atoms with Crippen molar-refractivity contribution in [1.29, 1.82) is 0 Å². The molecule has 4 nitrogen and oxygen atoms in total. The van der Waals surface area contributed by atoms with E-state index in [1.54, 1.807) is 22.7 Å². The Kier molecular flexibility index (Phi) is 5.47. The van der Waals surface area contributed by atoms with E-state index in [4.69, 9.17) is 19.9 Å². The molecule has 0 aliphatic heterocycles. The summed E-state index contributed by atoms with van der Waals surface area (Å²) < 4.78 is 3.59. The standard InChI is InChI=1S/C34H20N4S2/c1-4-11-21(12-5-1)31-36-32(22-13-6-2-7-14-22)38-33(37-31)24-17-10-18-27-30(24)25-19-29-26(20-28(25)39-27)35-34(40-29)23-15-8-3-9-16-23/h1-20H. The molecule has 0 saturated carbocycles. The minimum Gasteiger partial charge on any atom is -0.236 e. The number of thiazole rings is 1. The molecule has 5 aromatic carbocycles. The molecule has 0 fully saturated rings. The van der Waals surface area contributed by atoms with Crippen LogP contribution >= 0.6 is 22.7 Å². The lowest BCUT2D eigenvalue weighted by Crippen LogP contribution is -2.00. The van der Waals surface area contributed by atoms with Crippen molar-refractivity contribution in [1.82, 2.24) is 19.9 Å². The number of hydrogen-bond acceptors (Lipinski definition) is 6. The molecule has 0 saturated heterocycles. The maximum atomic E-state index is 5.01. The molecule has 0 atom stereocenters. The van der Waals surface area contributed by atoms with E-state index in [0.29, 0.717) is 17.5 Å². The van der Waals surface area contributed by atoms with Gasteiger partial charge in [0.25, 0.3) is 0 Å². The third kappa shape index (κ3) is 3.97. The zero-order valence-electron chi connectivity index (χ0n) is 21.2. The molecule has 3 aromatic heterocycles. The zero-order chi connectivity index (χ0) is 26.5. The summed E-state index contributed by atoms with van der Waals surface area (Å²) in [6.45, 7) is 0. The first-order valence-electron chi connectivity index (χ1n) is 13.0. The second kappa shape index (κ2) is 9.45. The molecule has 0 amide bonds. The molecule has 3 heterocycles. The highest BCUT2D eigenvalue weighted by atomic mass is 32.1. The van der Waals surface area contributed by atoms with Crippen LogP contribution in [0, 0.1) is 0 Å². The fourth-order valence-corrected chi connectivity index (χ4v) is 7.21. The number of benzene rings is 5. The second-order valence-electron chi connectivity index (χ2n) is 9.52. The molecule has 0 unspecified atom stereocenters. The van der Waals surface area contributed by atoms with Crippen molar-refractivity contribution in [2.75, 3.05) is 0 Å². The number of aromatic nitrogens is 4. The number of rotatable bonds is 4. The van der Waals surface area contributed by atoms with E-state index in [-0.39, 0.29) is 0 Å². The van der Waals surface area contributed by atoms with Gasteiger partial charge in [0.15, 0.2) is 17.5 Å². The molecule has 0 aliphatic carbocycles. The van der Waals surface area contributed by atoms with Crippen molar-refractivity contribution in [3.8, 4) is 44.7 Å². The van der Waals surface area contributed by atoms with Crippen LogP contribution in [0.3, 0.4) is 0 Å². The maximum absolute atomic E-state index is 5.01. The van der Waals surface area contributed by atoms with Gasteiger partial charge in [-0.2, -0.15) is 0 Å². The monoisotopic (exact) mass is 548 g/mol. The van der Waals surface area contributed by atoms with Crippen LogP contribution in [0.1, 0.15) is 0 Å². The molecule has 40 heavy (non-hydrogen) atoms. The van der Waals surface area contributed by atoms with Crippen molar-refractivity contribution in [2.45, 2.75) is 0 Å². The molecule has 0 spiro atoms. The summed E-state index contributed by atoms with van der Waals surface area (Å²) in [7, 11) is 0. The van der Waals surface area contributed by atoms with Crippen LogP contribution in [0.2, 0.25) is 0 Å². The van der Waals surface area contributed by atoms with Crippen molar-refractivity contribution in [3.05, 3.63) is 121 Å². The second-order valence-corrected chi connectivity index (χ2v) is 11.6. The smallest absolute Gasteiger partial charge is 0.164 e. The Morgan fingerprint density at radius 3 is 1.68 bits per heavy atom. The predicted octanol–water partition coefficient (Wildman–Crippen LogP) is 9.52. The van der Waals surface area contributed by atoms with Crippen molar-refractivity contribution >= 4 is 53.1 Å². The van der Waals surface area contributed by atoms with Gasteiger partial charge in [-0.05, 0) is 18.2 Å². The normalized spacial score (nSPS) is 11.5. The van der Waals surface area contributed by atoms with Crippen LogP contribution in [0.25, 0.3) is 75.1 Å². The van der Waals surface area contributed by atoms with Gasteiger partial charge in [0.2, 0.25) is 0 Å². The number of hydrogen-bond donors (Lipinski definition) is 0. The van der Waals surface area contributed by atoms with Crippen LogP contribution in [0.15, 0.2) is 121 Å². The van der Waals surface area contributed by atoms with Gasteiger partial charge >= 0.3 is 0 Å². The van der Waals surface area contributed by atoms with E-state index in [9.17, 15) is 0 Å². The van der Waals surface area contributed by atoms with E-state index in [1.165, 1.54) is 24.9 Å². The summed E-state index contributed by atoms with van der Waals surface area (Å²) in [5.74, 6) is 2.00. The molecule has 8 aromatic rings. The highest BCUT2D eigenvalue weighted by Crippen LogP contribution is 2.43. The molecule has 0 N–H and O–H groups in total. The molecule has 6 heteroatoms. The van der Waals surface area contributed by atoms with Gasteiger partial charge in [-0.1, -0.05) is 103 Å². The van der Waals surface area contributed by atoms with Crippen molar-refractivity contribution < 1.29 is 0 Å². The van der Waals surface area contributed by atoms with Gasteiger partial charge in [0.05, 0.1) is 10.2 Å². The highest BCUT2D eigenvalue weighted by Gasteiger charge is 2.18. The number of nitrogens with zero attached hydrogens (tertiary/aromatic N) is 4. The van der Waals surface area contributed by atoms with Crippen molar-refractivity contribution in [3.63, 3.8) is 0 Å². The third-order valence-electron chi connectivity index (χ3n) is 6.97. The van der Waals surface area contributed by atoms with Gasteiger partial charge in [-0.15, -0.1) is 22.7 Å². The predicted molar refractivity (Wildman–Crippen MR) is 168 cm³/mol. The van der Waals surface area contributed by atoms with Crippen LogP contribution < -0.4 is 0 Å². The molecule has 8 rings (SSSR count). The van der Waals surface area contributed by atoms with Crippen LogP contribution in [0.5, 0.6) is 0 Å². The van der Waals surface area contributed by atoms with E-state index < -0.39 is 0 Å². The fourth-order valence-electron chi connectivity index (χ4n) is 5.07. The first kappa shape index (κ1) is 23.1. The maximum Gasteiger partial charge on any atom is 0.164 e. The van der Waals surface area contributed by atoms with E-state index in [1.807, 2.05) is 66.7 Å². The summed E-state index contributed by atoms with van der Waals surface area (Å²) in [6.07, 6.45) is 0. The first-order chi connectivity index (χ1) is 19.8. The topological polar surface area (TPSA) is 51.6 Å². The number of fused-ring (bicyclic) bond motifs is 4. The Bertz CT molecular complexity index is 2090. The quantitative estimate of drug-likeness (QED) is 0.220. The summed E-state index contributed by atoms with van der Waals surface area (Å²) in [4.78, 5) is 19.9. The van der Waals surface area contributed by atoms with E-state index in [2.05, 4.69) is 54.6 Å². The fraction of sp³-hybridized carbons (Fsp3) is 0. The summed E-state index contributed by atoms with van der Waals surface area (Å²) in [6, 6.07) is 41.5. The molecule has 0 aliphatic rings. The molecular weight excluding hydrogens is 529 g/mol. The van der Waals surface area contributed by atoms with E-state index in [0.717, 1.165) is 32.8 Å². The Hall–Kier alpha value is -4.78. The zero-order valence-corrected chi connectivity index (χ0v) is 22.8. The minimum absolute atomic E-state index is 0.665. The number of thiophene rings is 1. The molecular formula is C34H20N4S2. The van der Waals surface area contributed by atoms with Crippen LogP contribution in [0.4, 0.5) is 0 Å². The highest BCUT2D eigenvalue weighted by molar-refractivity contribution is 7.26. The SMILES string of the molecule is c1ccc(-c2nc(-c3ccccc3)nc(-c3cccc4sc5cc6nc(-c7ccccc7)sc6cc5c34)n2)cc1.